The highest BCUT2D eigenvalue weighted by Gasteiger charge is 2.05. The molecule has 1 heterocycles. The predicted molar refractivity (Wildman–Crippen MR) is 74.1 cm³/mol. The lowest BCUT2D eigenvalue weighted by Crippen LogP contribution is -2.14. The molecule has 2 rings (SSSR count). The molecule has 0 saturated heterocycles. The minimum absolute atomic E-state index is 0.475. The molecule has 3 nitrogen and oxygen atoms in total. The first-order valence-corrected chi connectivity index (χ1v) is 6.11. The molecule has 2 aromatic rings. The summed E-state index contributed by atoms with van der Waals surface area (Å²) in [7, 11) is 0. The molecule has 1 unspecified atom stereocenters. The van der Waals surface area contributed by atoms with Crippen LogP contribution in [0.5, 0.6) is 0 Å². The summed E-state index contributed by atoms with van der Waals surface area (Å²) < 4.78 is 0. The van der Waals surface area contributed by atoms with Crippen molar-refractivity contribution in [3.8, 4) is 0 Å². The van der Waals surface area contributed by atoms with Crippen molar-refractivity contribution in [2.45, 2.75) is 32.7 Å². The molecule has 0 fully saturated rings. The summed E-state index contributed by atoms with van der Waals surface area (Å²) in [5.41, 5.74) is 8.59. The third kappa shape index (κ3) is 2.67. The van der Waals surface area contributed by atoms with E-state index in [2.05, 4.69) is 24.1 Å². The van der Waals surface area contributed by atoms with Crippen molar-refractivity contribution in [1.29, 1.82) is 0 Å². The standard InChI is InChI=1S/C14H19N3/c1-3-4-10(2)17-13-7-8-16-14-9-11(15)5-6-12(13)14/h5-10H,3-4,15H2,1-2H3,(H,16,17). The Morgan fingerprint density at radius 2 is 2.18 bits per heavy atom. The van der Waals surface area contributed by atoms with Crippen LogP contribution >= 0.6 is 0 Å². The second-order valence-corrected chi connectivity index (χ2v) is 4.47. The third-order valence-electron chi connectivity index (χ3n) is 2.89. The van der Waals surface area contributed by atoms with Gasteiger partial charge in [0.05, 0.1) is 5.52 Å². The van der Waals surface area contributed by atoms with E-state index in [0.29, 0.717) is 6.04 Å². The molecule has 90 valence electrons. The zero-order chi connectivity index (χ0) is 12.3. The fraction of sp³-hybridized carbons (Fsp3) is 0.357. The molecular formula is C14H19N3. The number of nitrogens with two attached hydrogens (primary N) is 1. The Bertz CT molecular complexity index is 508. The normalized spacial score (nSPS) is 12.6. The van der Waals surface area contributed by atoms with Crippen LogP contribution in [0.4, 0.5) is 11.4 Å². The van der Waals surface area contributed by atoms with Crippen LogP contribution in [-0.4, -0.2) is 11.0 Å². The van der Waals surface area contributed by atoms with Gasteiger partial charge in [0.25, 0.3) is 0 Å². The van der Waals surface area contributed by atoms with Crippen LogP contribution in [0.25, 0.3) is 10.9 Å². The molecule has 0 aliphatic rings. The van der Waals surface area contributed by atoms with E-state index in [1.165, 1.54) is 12.8 Å². The number of nitrogen functional groups attached to an aromatic ring is 1. The van der Waals surface area contributed by atoms with Gasteiger partial charge in [0.15, 0.2) is 0 Å². The average molecular weight is 229 g/mol. The molecule has 0 amide bonds. The first-order valence-electron chi connectivity index (χ1n) is 6.11. The van der Waals surface area contributed by atoms with Crippen molar-refractivity contribution >= 4 is 22.3 Å². The highest BCUT2D eigenvalue weighted by Crippen LogP contribution is 2.24. The molecule has 1 aromatic heterocycles. The van der Waals surface area contributed by atoms with E-state index in [-0.39, 0.29) is 0 Å². The van der Waals surface area contributed by atoms with E-state index in [4.69, 9.17) is 5.73 Å². The first kappa shape index (κ1) is 11.7. The summed E-state index contributed by atoms with van der Waals surface area (Å²) in [4.78, 5) is 4.34. The molecule has 1 atom stereocenters. The van der Waals surface area contributed by atoms with Crippen LogP contribution in [0.15, 0.2) is 30.5 Å². The van der Waals surface area contributed by atoms with Crippen molar-refractivity contribution in [1.82, 2.24) is 4.98 Å². The Balaban J connectivity index is 2.34. The van der Waals surface area contributed by atoms with Gasteiger partial charge in [-0.3, -0.25) is 4.98 Å². The van der Waals surface area contributed by atoms with E-state index in [9.17, 15) is 0 Å². The highest BCUT2D eigenvalue weighted by molar-refractivity contribution is 5.92. The van der Waals surface area contributed by atoms with Crippen molar-refractivity contribution < 1.29 is 0 Å². The molecule has 0 radical (unpaired) electrons. The van der Waals surface area contributed by atoms with E-state index in [1.54, 1.807) is 0 Å². The zero-order valence-corrected chi connectivity index (χ0v) is 10.4. The molecule has 0 saturated carbocycles. The maximum Gasteiger partial charge on any atom is 0.0743 e. The molecule has 0 spiro atoms. The Morgan fingerprint density at radius 1 is 1.35 bits per heavy atom. The number of nitrogens with one attached hydrogen (secondary N) is 1. The SMILES string of the molecule is CCCC(C)Nc1ccnc2cc(N)ccc12. The van der Waals surface area contributed by atoms with Crippen LogP contribution in [-0.2, 0) is 0 Å². The van der Waals surface area contributed by atoms with Crippen LogP contribution < -0.4 is 11.1 Å². The third-order valence-corrected chi connectivity index (χ3v) is 2.89. The van der Waals surface area contributed by atoms with E-state index < -0.39 is 0 Å². The monoisotopic (exact) mass is 229 g/mol. The fourth-order valence-corrected chi connectivity index (χ4v) is 2.06. The second-order valence-electron chi connectivity index (χ2n) is 4.47. The summed E-state index contributed by atoms with van der Waals surface area (Å²) in [6.45, 7) is 4.40. The Kier molecular flexibility index (Phi) is 3.47. The lowest BCUT2D eigenvalue weighted by Gasteiger charge is -2.15. The molecular weight excluding hydrogens is 210 g/mol. The number of benzene rings is 1. The lowest BCUT2D eigenvalue weighted by molar-refractivity contribution is 0.691. The zero-order valence-electron chi connectivity index (χ0n) is 10.4. The average Bonchev–Trinajstić information content (AvgIpc) is 2.29. The van der Waals surface area contributed by atoms with Gasteiger partial charge in [-0.1, -0.05) is 13.3 Å². The summed E-state index contributed by atoms with van der Waals surface area (Å²) in [5, 5.41) is 4.65. The number of aromatic nitrogens is 1. The smallest absolute Gasteiger partial charge is 0.0743 e. The summed E-state index contributed by atoms with van der Waals surface area (Å²) >= 11 is 0. The lowest BCUT2D eigenvalue weighted by atomic mass is 10.1. The van der Waals surface area contributed by atoms with Crippen molar-refractivity contribution in [2.75, 3.05) is 11.1 Å². The summed E-state index contributed by atoms with van der Waals surface area (Å²) in [5.74, 6) is 0. The molecule has 1 aromatic carbocycles. The minimum Gasteiger partial charge on any atom is -0.399 e. The Hall–Kier alpha value is -1.77. The first-order chi connectivity index (χ1) is 8.20. The molecule has 0 aliphatic carbocycles. The quantitative estimate of drug-likeness (QED) is 0.790. The topological polar surface area (TPSA) is 50.9 Å². The van der Waals surface area contributed by atoms with Crippen molar-refractivity contribution in [3.63, 3.8) is 0 Å². The Morgan fingerprint density at radius 3 is 2.94 bits per heavy atom. The van der Waals surface area contributed by atoms with E-state index >= 15 is 0 Å². The predicted octanol–water partition coefficient (Wildman–Crippen LogP) is 3.42. The number of rotatable bonds is 4. The van der Waals surface area contributed by atoms with Crippen LogP contribution in [0.2, 0.25) is 0 Å². The summed E-state index contributed by atoms with van der Waals surface area (Å²) in [6.07, 6.45) is 4.17. The Labute approximate surface area is 102 Å². The second kappa shape index (κ2) is 5.04. The fourth-order valence-electron chi connectivity index (χ4n) is 2.06. The van der Waals surface area contributed by atoms with Gasteiger partial charge >= 0.3 is 0 Å². The van der Waals surface area contributed by atoms with Gasteiger partial charge in [-0.2, -0.15) is 0 Å². The van der Waals surface area contributed by atoms with Crippen LogP contribution in [0, 0.1) is 0 Å². The number of nitrogens with zero attached hydrogens (tertiary/aromatic N) is 1. The van der Waals surface area contributed by atoms with Crippen molar-refractivity contribution in [2.24, 2.45) is 0 Å². The number of hydrogen-bond donors (Lipinski definition) is 2. The van der Waals surface area contributed by atoms with E-state index in [0.717, 1.165) is 22.3 Å². The number of pyridine rings is 1. The summed E-state index contributed by atoms with van der Waals surface area (Å²) in [6, 6.07) is 8.34. The van der Waals surface area contributed by atoms with Crippen LogP contribution in [0.1, 0.15) is 26.7 Å². The number of fused-ring (bicyclic) bond motifs is 1. The van der Waals surface area contributed by atoms with Gasteiger partial charge in [-0.05, 0) is 37.6 Å². The molecule has 3 N–H and O–H groups in total. The molecule has 0 aliphatic heterocycles. The molecule has 3 heteroatoms. The van der Waals surface area contributed by atoms with Gasteiger partial charge < -0.3 is 11.1 Å². The van der Waals surface area contributed by atoms with E-state index in [1.807, 2.05) is 30.5 Å². The van der Waals surface area contributed by atoms with Crippen molar-refractivity contribution in [3.05, 3.63) is 30.5 Å². The maximum atomic E-state index is 5.76. The van der Waals surface area contributed by atoms with Gasteiger partial charge in [-0.15, -0.1) is 0 Å². The number of hydrogen-bond acceptors (Lipinski definition) is 3. The van der Waals surface area contributed by atoms with Gasteiger partial charge in [-0.25, -0.2) is 0 Å². The van der Waals surface area contributed by atoms with Gasteiger partial charge in [0.1, 0.15) is 0 Å². The molecule has 0 bridgehead atoms. The maximum absolute atomic E-state index is 5.76. The minimum atomic E-state index is 0.475. The van der Waals surface area contributed by atoms with Gasteiger partial charge in [0, 0.05) is 29.0 Å². The molecule has 17 heavy (non-hydrogen) atoms. The van der Waals surface area contributed by atoms with Gasteiger partial charge in [0.2, 0.25) is 0 Å². The largest absolute Gasteiger partial charge is 0.399 e. The highest BCUT2D eigenvalue weighted by atomic mass is 14.9. The number of anilines is 2. The van der Waals surface area contributed by atoms with Crippen LogP contribution in [0.3, 0.4) is 0 Å².